The van der Waals surface area contributed by atoms with E-state index in [2.05, 4.69) is 52.5 Å². The molecule has 0 saturated carbocycles. The summed E-state index contributed by atoms with van der Waals surface area (Å²) in [5, 5.41) is 3.63. The Bertz CT molecular complexity index is 568. The van der Waals surface area contributed by atoms with Gasteiger partial charge in [0.25, 0.3) is 0 Å². The highest BCUT2D eigenvalue weighted by molar-refractivity contribution is 5.56. The van der Waals surface area contributed by atoms with Crippen LogP contribution in [0.2, 0.25) is 0 Å². The number of fused-ring (bicyclic) bond motifs is 1. The van der Waals surface area contributed by atoms with Crippen LogP contribution >= 0.6 is 0 Å². The number of hydrogen-bond acceptors (Lipinski definition) is 3. The zero-order valence-electron chi connectivity index (χ0n) is 12.6. The molecule has 3 heteroatoms. The van der Waals surface area contributed by atoms with Crippen molar-refractivity contribution in [3.63, 3.8) is 0 Å². The number of hydrogen-bond donors (Lipinski definition) is 1. The number of benzene rings is 1. The number of nitrogens with zero attached hydrogens (tertiary/aromatic N) is 2. The summed E-state index contributed by atoms with van der Waals surface area (Å²) in [6, 6.07) is 13.5. The fourth-order valence-corrected chi connectivity index (χ4v) is 3.17. The molecule has 1 N–H and O–H groups in total. The lowest BCUT2D eigenvalue weighted by atomic mass is 10.0. The summed E-state index contributed by atoms with van der Waals surface area (Å²) in [5.74, 6) is 0. The zero-order valence-corrected chi connectivity index (χ0v) is 12.6. The van der Waals surface area contributed by atoms with Gasteiger partial charge in [0.05, 0.1) is 0 Å². The Kier molecular flexibility index (Phi) is 4.51. The summed E-state index contributed by atoms with van der Waals surface area (Å²) in [5.41, 5.74) is 4.07. The minimum atomic E-state index is 0.477. The van der Waals surface area contributed by atoms with Crippen LogP contribution in [0.25, 0.3) is 0 Å². The summed E-state index contributed by atoms with van der Waals surface area (Å²) < 4.78 is 0. The molecule has 0 saturated heterocycles. The maximum Gasteiger partial charge on any atom is 0.0444 e. The molecule has 0 spiro atoms. The van der Waals surface area contributed by atoms with Crippen molar-refractivity contribution >= 4 is 5.69 Å². The van der Waals surface area contributed by atoms with E-state index in [0.717, 1.165) is 19.6 Å². The van der Waals surface area contributed by atoms with E-state index in [4.69, 9.17) is 0 Å². The first-order valence-corrected chi connectivity index (χ1v) is 7.84. The van der Waals surface area contributed by atoms with E-state index in [1.165, 1.54) is 29.7 Å². The summed E-state index contributed by atoms with van der Waals surface area (Å²) in [7, 11) is 0. The second kappa shape index (κ2) is 6.72. The van der Waals surface area contributed by atoms with E-state index in [9.17, 15) is 0 Å². The van der Waals surface area contributed by atoms with Crippen molar-refractivity contribution in [1.29, 1.82) is 0 Å². The van der Waals surface area contributed by atoms with Crippen molar-refractivity contribution in [2.45, 2.75) is 32.4 Å². The van der Waals surface area contributed by atoms with Crippen molar-refractivity contribution < 1.29 is 0 Å². The van der Waals surface area contributed by atoms with Crippen LogP contribution < -0.4 is 10.2 Å². The third kappa shape index (κ3) is 3.24. The van der Waals surface area contributed by atoms with Gasteiger partial charge in [-0.05, 0) is 42.6 Å². The highest BCUT2D eigenvalue weighted by atomic mass is 15.1. The molecule has 0 radical (unpaired) electrons. The Morgan fingerprint density at radius 1 is 1.24 bits per heavy atom. The van der Waals surface area contributed by atoms with Gasteiger partial charge in [-0.15, -0.1) is 0 Å². The van der Waals surface area contributed by atoms with Gasteiger partial charge in [-0.3, -0.25) is 4.98 Å². The van der Waals surface area contributed by atoms with Crippen molar-refractivity contribution in [3.05, 3.63) is 59.9 Å². The van der Waals surface area contributed by atoms with Crippen LogP contribution in [0.1, 0.15) is 36.9 Å². The smallest absolute Gasteiger partial charge is 0.0444 e. The molecule has 1 atom stereocenters. The SMILES string of the molecule is CCNC1CCCN(Cc2cccnc2)c2ccccc21. The quantitative estimate of drug-likeness (QED) is 0.929. The van der Waals surface area contributed by atoms with Gasteiger partial charge in [0.15, 0.2) is 0 Å². The molecule has 3 nitrogen and oxygen atoms in total. The third-order valence-corrected chi connectivity index (χ3v) is 4.12. The van der Waals surface area contributed by atoms with Gasteiger partial charge in [-0.2, -0.15) is 0 Å². The number of pyridine rings is 1. The van der Waals surface area contributed by atoms with E-state index in [1.54, 1.807) is 0 Å². The number of aromatic nitrogens is 1. The van der Waals surface area contributed by atoms with Crippen LogP contribution in [0.5, 0.6) is 0 Å². The van der Waals surface area contributed by atoms with Crippen LogP contribution in [0.3, 0.4) is 0 Å². The van der Waals surface area contributed by atoms with E-state index < -0.39 is 0 Å². The Morgan fingerprint density at radius 3 is 2.95 bits per heavy atom. The third-order valence-electron chi connectivity index (χ3n) is 4.12. The second-order valence-electron chi connectivity index (χ2n) is 5.59. The minimum absolute atomic E-state index is 0.477. The zero-order chi connectivity index (χ0) is 14.5. The molecule has 1 aromatic carbocycles. The Balaban J connectivity index is 1.89. The molecular weight excluding hydrogens is 258 g/mol. The average Bonchev–Trinajstić information content (AvgIpc) is 2.70. The molecule has 2 aromatic rings. The first-order chi connectivity index (χ1) is 10.4. The lowest BCUT2D eigenvalue weighted by molar-refractivity contribution is 0.510. The van der Waals surface area contributed by atoms with Crippen molar-refractivity contribution in [2.24, 2.45) is 0 Å². The van der Waals surface area contributed by atoms with Gasteiger partial charge >= 0.3 is 0 Å². The monoisotopic (exact) mass is 281 g/mol. The molecule has 1 aromatic heterocycles. The van der Waals surface area contributed by atoms with Crippen LogP contribution in [0.4, 0.5) is 5.69 Å². The van der Waals surface area contributed by atoms with Gasteiger partial charge < -0.3 is 10.2 Å². The maximum absolute atomic E-state index is 4.23. The molecule has 0 amide bonds. The van der Waals surface area contributed by atoms with Gasteiger partial charge in [-0.25, -0.2) is 0 Å². The standard InChI is InChI=1S/C18H23N3/c1-2-20-17-9-6-12-21(14-15-7-5-11-19-13-15)18-10-4-3-8-16(17)18/h3-5,7-8,10-11,13,17,20H,2,6,9,12,14H2,1H3. The lowest BCUT2D eigenvalue weighted by Crippen LogP contribution is -2.24. The van der Waals surface area contributed by atoms with E-state index >= 15 is 0 Å². The Labute approximate surface area is 127 Å². The molecule has 0 aliphatic carbocycles. The maximum atomic E-state index is 4.23. The predicted octanol–water partition coefficient (Wildman–Crippen LogP) is 3.53. The molecule has 110 valence electrons. The molecule has 1 unspecified atom stereocenters. The molecule has 0 bridgehead atoms. The molecule has 2 heterocycles. The largest absolute Gasteiger partial charge is 0.367 e. The minimum Gasteiger partial charge on any atom is -0.367 e. The topological polar surface area (TPSA) is 28.2 Å². The Morgan fingerprint density at radius 2 is 2.14 bits per heavy atom. The first-order valence-electron chi connectivity index (χ1n) is 7.84. The molecule has 21 heavy (non-hydrogen) atoms. The molecule has 3 rings (SSSR count). The summed E-state index contributed by atoms with van der Waals surface area (Å²) in [6.45, 7) is 5.24. The fraction of sp³-hybridized carbons (Fsp3) is 0.389. The van der Waals surface area contributed by atoms with Crippen molar-refractivity contribution in [3.8, 4) is 0 Å². The van der Waals surface area contributed by atoms with E-state index in [0.29, 0.717) is 6.04 Å². The van der Waals surface area contributed by atoms with Crippen LogP contribution in [0, 0.1) is 0 Å². The normalized spacial score (nSPS) is 18.1. The molecule has 0 fully saturated rings. The highest BCUT2D eigenvalue weighted by Crippen LogP contribution is 2.33. The summed E-state index contributed by atoms with van der Waals surface area (Å²) in [4.78, 5) is 6.72. The number of anilines is 1. The van der Waals surface area contributed by atoms with Gasteiger partial charge in [0.2, 0.25) is 0 Å². The van der Waals surface area contributed by atoms with Crippen LogP contribution in [-0.2, 0) is 6.54 Å². The van der Waals surface area contributed by atoms with Gasteiger partial charge in [-0.1, -0.05) is 31.2 Å². The fourth-order valence-electron chi connectivity index (χ4n) is 3.17. The average molecular weight is 281 g/mol. The number of rotatable bonds is 4. The first kappa shape index (κ1) is 14.1. The summed E-state index contributed by atoms with van der Waals surface area (Å²) >= 11 is 0. The summed E-state index contributed by atoms with van der Waals surface area (Å²) in [6.07, 6.45) is 6.22. The number of para-hydroxylation sites is 1. The number of nitrogens with one attached hydrogen (secondary N) is 1. The Hall–Kier alpha value is -1.87. The van der Waals surface area contributed by atoms with Crippen LogP contribution in [-0.4, -0.2) is 18.1 Å². The molecular formula is C18H23N3. The molecule has 1 aliphatic rings. The van der Waals surface area contributed by atoms with E-state index in [1.807, 2.05) is 18.5 Å². The van der Waals surface area contributed by atoms with Crippen molar-refractivity contribution in [2.75, 3.05) is 18.0 Å². The second-order valence-corrected chi connectivity index (χ2v) is 5.59. The van der Waals surface area contributed by atoms with Gasteiger partial charge in [0, 0.05) is 37.2 Å². The predicted molar refractivity (Wildman–Crippen MR) is 87.4 cm³/mol. The molecule has 1 aliphatic heterocycles. The van der Waals surface area contributed by atoms with Gasteiger partial charge in [0.1, 0.15) is 0 Å². The lowest BCUT2D eigenvalue weighted by Gasteiger charge is -2.26. The van der Waals surface area contributed by atoms with Crippen LogP contribution in [0.15, 0.2) is 48.8 Å². The highest BCUT2D eigenvalue weighted by Gasteiger charge is 2.21. The van der Waals surface area contributed by atoms with Crippen molar-refractivity contribution in [1.82, 2.24) is 10.3 Å². The van der Waals surface area contributed by atoms with E-state index in [-0.39, 0.29) is 0 Å².